The molecule has 1 aromatic carbocycles. The van der Waals surface area contributed by atoms with E-state index in [1.807, 2.05) is 7.05 Å². The maximum atomic E-state index is 12.0. The van der Waals surface area contributed by atoms with Crippen LogP contribution in [0.3, 0.4) is 0 Å². The van der Waals surface area contributed by atoms with Crippen LogP contribution < -0.4 is 15.5 Å². The van der Waals surface area contributed by atoms with Crippen molar-refractivity contribution in [1.29, 1.82) is 0 Å². The third-order valence-corrected chi connectivity index (χ3v) is 4.34. The normalized spacial score (nSPS) is 19.0. The highest BCUT2D eigenvalue weighted by molar-refractivity contribution is 5.76. The van der Waals surface area contributed by atoms with E-state index in [9.17, 15) is 4.79 Å². The van der Waals surface area contributed by atoms with Crippen LogP contribution in [-0.2, 0) is 11.2 Å². The quantitative estimate of drug-likeness (QED) is 0.841. The van der Waals surface area contributed by atoms with Crippen molar-refractivity contribution in [3.05, 3.63) is 29.8 Å². The minimum Gasteiger partial charge on any atom is -0.368 e. The Morgan fingerprint density at radius 2 is 2.19 bits per heavy atom. The molecule has 0 spiro atoms. The Bertz CT molecular complexity index is 475. The van der Waals surface area contributed by atoms with Gasteiger partial charge in [0.15, 0.2) is 0 Å². The van der Waals surface area contributed by atoms with Crippen molar-refractivity contribution in [3.8, 4) is 0 Å². The first-order valence-corrected chi connectivity index (χ1v) is 7.90. The molecule has 0 aliphatic carbocycles. The van der Waals surface area contributed by atoms with Gasteiger partial charge in [0.2, 0.25) is 5.91 Å². The first-order chi connectivity index (χ1) is 10.1. The third kappa shape index (κ3) is 4.21. The zero-order valence-electron chi connectivity index (χ0n) is 13.4. The lowest BCUT2D eigenvalue weighted by Gasteiger charge is -2.37. The van der Waals surface area contributed by atoms with Gasteiger partial charge >= 0.3 is 0 Å². The van der Waals surface area contributed by atoms with Crippen molar-refractivity contribution in [1.82, 2.24) is 10.6 Å². The van der Waals surface area contributed by atoms with E-state index >= 15 is 0 Å². The van der Waals surface area contributed by atoms with Crippen LogP contribution in [0.1, 0.15) is 32.3 Å². The summed E-state index contributed by atoms with van der Waals surface area (Å²) in [5.74, 6) is 0.132. The van der Waals surface area contributed by atoms with E-state index in [0.717, 1.165) is 19.4 Å². The maximum Gasteiger partial charge on any atom is 0.221 e. The summed E-state index contributed by atoms with van der Waals surface area (Å²) in [4.78, 5) is 14.3. The van der Waals surface area contributed by atoms with Crippen molar-refractivity contribution in [2.45, 2.75) is 45.2 Å². The Kier molecular flexibility index (Phi) is 5.62. The van der Waals surface area contributed by atoms with Crippen molar-refractivity contribution in [2.75, 3.05) is 25.0 Å². The molecule has 1 aliphatic rings. The Balaban J connectivity index is 1.89. The van der Waals surface area contributed by atoms with E-state index in [4.69, 9.17) is 0 Å². The van der Waals surface area contributed by atoms with Gasteiger partial charge in [-0.25, -0.2) is 0 Å². The number of amides is 1. The fourth-order valence-electron chi connectivity index (χ4n) is 2.78. The van der Waals surface area contributed by atoms with Gasteiger partial charge in [-0.2, -0.15) is 0 Å². The number of fused-ring (bicyclic) bond motifs is 1. The summed E-state index contributed by atoms with van der Waals surface area (Å²) in [5.41, 5.74) is 2.70. The Labute approximate surface area is 127 Å². The molecule has 4 heteroatoms. The molecule has 0 aromatic heterocycles. The predicted octanol–water partition coefficient (Wildman–Crippen LogP) is 1.94. The number of anilines is 1. The highest BCUT2D eigenvalue weighted by Crippen LogP contribution is 2.30. The van der Waals surface area contributed by atoms with E-state index in [-0.39, 0.29) is 5.91 Å². The molecule has 1 aliphatic heterocycles. The zero-order valence-corrected chi connectivity index (χ0v) is 13.4. The van der Waals surface area contributed by atoms with Crippen molar-refractivity contribution >= 4 is 11.6 Å². The molecule has 0 bridgehead atoms. The number of para-hydroxylation sites is 1. The van der Waals surface area contributed by atoms with Gasteiger partial charge in [-0.05, 0) is 45.4 Å². The lowest BCUT2D eigenvalue weighted by Crippen LogP contribution is -2.41. The molecule has 2 unspecified atom stereocenters. The van der Waals surface area contributed by atoms with Crippen molar-refractivity contribution in [2.24, 2.45) is 0 Å². The van der Waals surface area contributed by atoms with E-state index < -0.39 is 0 Å². The second-order valence-electron chi connectivity index (χ2n) is 5.95. The summed E-state index contributed by atoms with van der Waals surface area (Å²) in [6, 6.07) is 9.36. The van der Waals surface area contributed by atoms with Crippen molar-refractivity contribution < 1.29 is 4.79 Å². The summed E-state index contributed by atoms with van der Waals surface area (Å²) < 4.78 is 0. The molecule has 21 heavy (non-hydrogen) atoms. The lowest BCUT2D eigenvalue weighted by atomic mass is 9.96. The zero-order chi connectivity index (χ0) is 15.2. The molecule has 0 saturated carbocycles. The van der Waals surface area contributed by atoms with Crippen LogP contribution in [0.4, 0.5) is 5.69 Å². The van der Waals surface area contributed by atoms with E-state index in [1.165, 1.54) is 11.3 Å². The average Bonchev–Trinajstić information content (AvgIpc) is 2.51. The first-order valence-electron chi connectivity index (χ1n) is 7.90. The fraction of sp³-hybridized carbons (Fsp3) is 0.588. The standard InChI is InChI=1S/C17H27N3O/c1-13(18-3)12-19-17(21)10-11-20-14(2)8-9-15-6-4-5-7-16(15)20/h4-7,13-14,18H,8-12H2,1-3H3,(H,19,21). The molecule has 0 fully saturated rings. The fourth-order valence-corrected chi connectivity index (χ4v) is 2.78. The molecule has 1 amide bonds. The average molecular weight is 289 g/mol. The van der Waals surface area contributed by atoms with Gasteiger partial charge in [-0.15, -0.1) is 0 Å². The number of rotatable bonds is 6. The summed E-state index contributed by atoms with van der Waals surface area (Å²) in [7, 11) is 1.91. The Morgan fingerprint density at radius 1 is 1.43 bits per heavy atom. The van der Waals surface area contributed by atoms with Crippen LogP contribution in [0.15, 0.2) is 24.3 Å². The van der Waals surface area contributed by atoms with Crippen LogP contribution in [0.5, 0.6) is 0 Å². The molecule has 2 N–H and O–H groups in total. The lowest BCUT2D eigenvalue weighted by molar-refractivity contribution is -0.121. The predicted molar refractivity (Wildman–Crippen MR) is 87.7 cm³/mol. The van der Waals surface area contributed by atoms with Crippen LogP contribution in [0, 0.1) is 0 Å². The molecule has 4 nitrogen and oxygen atoms in total. The molecule has 1 heterocycles. The van der Waals surface area contributed by atoms with Crippen LogP contribution in [-0.4, -0.2) is 38.1 Å². The second-order valence-corrected chi connectivity index (χ2v) is 5.95. The second kappa shape index (κ2) is 7.46. The molecule has 0 radical (unpaired) electrons. The van der Waals surface area contributed by atoms with E-state index in [0.29, 0.717) is 25.0 Å². The molecule has 2 atom stereocenters. The number of carbonyl (C=O) groups is 1. The van der Waals surface area contributed by atoms with Crippen molar-refractivity contribution in [3.63, 3.8) is 0 Å². The first kappa shape index (κ1) is 15.8. The number of nitrogens with zero attached hydrogens (tertiary/aromatic N) is 1. The topological polar surface area (TPSA) is 44.4 Å². The number of likely N-dealkylation sites (N-methyl/N-ethyl adjacent to an activating group) is 1. The van der Waals surface area contributed by atoms with Crippen LogP contribution in [0.2, 0.25) is 0 Å². The molecule has 1 aromatic rings. The summed E-state index contributed by atoms with van der Waals surface area (Å²) in [5, 5.41) is 6.10. The minimum absolute atomic E-state index is 0.132. The van der Waals surface area contributed by atoms with Gasteiger partial charge in [0.05, 0.1) is 0 Å². The SMILES string of the molecule is CNC(C)CNC(=O)CCN1c2ccccc2CCC1C. The molecule has 2 rings (SSSR count). The molecular formula is C17H27N3O. The minimum atomic E-state index is 0.132. The number of hydrogen-bond acceptors (Lipinski definition) is 3. The van der Waals surface area contributed by atoms with Gasteiger partial charge in [-0.3, -0.25) is 4.79 Å². The Hall–Kier alpha value is -1.55. The third-order valence-electron chi connectivity index (χ3n) is 4.34. The Morgan fingerprint density at radius 3 is 2.95 bits per heavy atom. The molecule has 116 valence electrons. The highest BCUT2D eigenvalue weighted by atomic mass is 16.1. The van der Waals surface area contributed by atoms with E-state index in [2.05, 4.69) is 53.6 Å². The summed E-state index contributed by atoms with van der Waals surface area (Å²) >= 11 is 0. The van der Waals surface area contributed by atoms with Crippen LogP contribution in [0.25, 0.3) is 0 Å². The van der Waals surface area contributed by atoms with Gasteiger partial charge in [0.1, 0.15) is 0 Å². The molecular weight excluding hydrogens is 262 g/mol. The van der Waals surface area contributed by atoms with Gasteiger partial charge in [0, 0.05) is 37.3 Å². The monoisotopic (exact) mass is 289 g/mol. The van der Waals surface area contributed by atoms with Crippen LogP contribution >= 0.6 is 0 Å². The number of hydrogen-bond donors (Lipinski definition) is 2. The van der Waals surface area contributed by atoms with E-state index in [1.54, 1.807) is 0 Å². The number of benzene rings is 1. The summed E-state index contributed by atoms with van der Waals surface area (Å²) in [6.45, 7) is 5.78. The number of aryl methyl sites for hydroxylation is 1. The van der Waals surface area contributed by atoms with Gasteiger partial charge < -0.3 is 15.5 Å². The number of carbonyl (C=O) groups excluding carboxylic acids is 1. The van der Waals surface area contributed by atoms with Gasteiger partial charge in [-0.1, -0.05) is 18.2 Å². The smallest absolute Gasteiger partial charge is 0.221 e. The molecule has 0 saturated heterocycles. The maximum absolute atomic E-state index is 12.0. The summed E-state index contributed by atoms with van der Waals surface area (Å²) in [6.07, 6.45) is 2.85. The highest BCUT2D eigenvalue weighted by Gasteiger charge is 2.22. The van der Waals surface area contributed by atoms with Gasteiger partial charge in [0.25, 0.3) is 0 Å². The number of nitrogens with one attached hydrogen (secondary N) is 2. The largest absolute Gasteiger partial charge is 0.368 e.